The Morgan fingerprint density at radius 2 is 2.40 bits per heavy atom. The summed E-state index contributed by atoms with van der Waals surface area (Å²) >= 11 is 0. The third kappa shape index (κ3) is 2.03. The first-order valence-corrected chi connectivity index (χ1v) is 5.51. The highest BCUT2D eigenvalue weighted by atomic mass is 16.5. The second kappa shape index (κ2) is 4.72. The second-order valence-electron chi connectivity index (χ2n) is 3.79. The molecule has 5 nitrogen and oxygen atoms in total. The van der Waals surface area contributed by atoms with Gasteiger partial charge in [-0.2, -0.15) is 0 Å². The molecule has 0 aliphatic carbocycles. The van der Waals surface area contributed by atoms with Crippen molar-refractivity contribution in [2.75, 3.05) is 6.61 Å². The zero-order valence-corrected chi connectivity index (χ0v) is 9.02. The van der Waals surface area contributed by atoms with E-state index in [-0.39, 0.29) is 12.7 Å². The maximum Gasteiger partial charge on any atom is 0.162 e. The number of aliphatic hydroxyl groups is 1. The molecule has 1 aliphatic heterocycles. The number of ether oxygens (including phenoxy) is 1. The quantitative estimate of drug-likeness (QED) is 0.808. The summed E-state index contributed by atoms with van der Waals surface area (Å²) in [6, 6.07) is 0. The molecule has 2 rings (SSSR count). The Labute approximate surface area is 89.1 Å². The largest absolute Gasteiger partial charge is 0.388 e. The summed E-state index contributed by atoms with van der Waals surface area (Å²) < 4.78 is 7.56. The minimum absolute atomic E-state index is 0.0558. The van der Waals surface area contributed by atoms with Gasteiger partial charge in [-0.15, -0.1) is 10.2 Å². The molecule has 0 amide bonds. The molecule has 0 radical (unpaired) electrons. The van der Waals surface area contributed by atoms with Crippen LogP contribution in [0.5, 0.6) is 0 Å². The van der Waals surface area contributed by atoms with Gasteiger partial charge in [-0.1, -0.05) is 6.92 Å². The van der Waals surface area contributed by atoms with Crippen molar-refractivity contribution in [3.8, 4) is 0 Å². The number of rotatable bonds is 4. The van der Waals surface area contributed by atoms with Crippen LogP contribution < -0.4 is 0 Å². The summed E-state index contributed by atoms with van der Waals surface area (Å²) in [5.41, 5.74) is 0. The van der Waals surface area contributed by atoms with E-state index >= 15 is 0 Å². The Balaban J connectivity index is 2.24. The molecule has 0 spiro atoms. The summed E-state index contributed by atoms with van der Waals surface area (Å²) in [5.74, 6) is 1.51. The van der Waals surface area contributed by atoms with E-state index in [9.17, 15) is 0 Å². The Morgan fingerprint density at radius 1 is 1.53 bits per heavy atom. The van der Waals surface area contributed by atoms with Gasteiger partial charge >= 0.3 is 0 Å². The van der Waals surface area contributed by atoms with Crippen molar-refractivity contribution < 1.29 is 9.84 Å². The van der Waals surface area contributed by atoms with Gasteiger partial charge in [-0.05, 0) is 19.3 Å². The Kier molecular flexibility index (Phi) is 3.33. The minimum atomic E-state index is -0.0558. The topological polar surface area (TPSA) is 60.2 Å². The molecule has 0 aromatic carbocycles. The average Bonchev–Trinajstić information content (AvgIpc) is 2.85. The van der Waals surface area contributed by atoms with Crippen LogP contribution in [0.2, 0.25) is 0 Å². The van der Waals surface area contributed by atoms with E-state index in [4.69, 9.17) is 9.84 Å². The molecule has 0 bridgehead atoms. The van der Waals surface area contributed by atoms with Crippen molar-refractivity contribution in [1.82, 2.24) is 14.8 Å². The van der Waals surface area contributed by atoms with Gasteiger partial charge in [-0.3, -0.25) is 0 Å². The van der Waals surface area contributed by atoms with E-state index in [2.05, 4.69) is 17.1 Å². The number of hydrogen-bond acceptors (Lipinski definition) is 4. The molecule has 84 valence electrons. The van der Waals surface area contributed by atoms with Crippen molar-refractivity contribution in [2.45, 2.75) is 45.4 Å². The lowest BCUT2D eigenvalue weighted by molar-refractivity contribution is 0.101. The van der Waals surface area contributed by atoms with Gasteiger partial charge in [0.05, 0.1) is 0 Å². The zero-order chi connectivity index (χ0) is 10.7. The Bertz CT molecular complexity index is 318. The molecule has 5 heteroatoms. The molecular formula is C10H17N3O2. The highest BCUT2D eigenvalue weighted by Gasteiger charge is 2.24. The fraction of sp³-hybridized carbons (Fsp3) is 0.800. The Morgan fingerprint density at radius 3 is 3.00 bits per heavy atom. The lowest BCUT2D eigenvalue weighted by Gasteiger charge is -2.12. The molecule has 1 unspecified atom stereocenters. The summed E-state index contributed by atoms with van der Waals surface area (Å²) in [6.07, 6.45) is 3.17. The van der Waals surface area contributed by atoms with Gasteiger partial charge < -0.3 is 14.4 Å². The molecule has 1 saturated heterocycles. The van der Waals surface area contributed by atoms with Crippen LogP contribution in [0.15, 0.2) is 0 Å². The minimum Gasteiger partial charge on any atom is -0.388 e. The van der Waals surface area contributed by atoms with E-state index < -0.39 is 0 Å². The van der Waals surface area contributed by atoms with Crippen molar-refractivity contribution in [1.29, 1.82) is 0 Å². The SMILES string of the molecule is CCCn1c(CO)nnc1C1CCCO1. The lowest BCUT2D eigenvalue weighted by atomic mass is 10.2. The normalized spacial score (nSPS) is 21.1. The van der Waals surface area contributed by atoms with Crippen molar-refractivity contribution in [3.63, 3.8) is 0 Å². The van der Waals surface area contributed by atoms with Gasteiger partial charge in [0.1, 0.15) is 12.7 Å². The van der Waals surface area contributed by atoms with E-state index in [1.54, 1.807) is 0 Å². The first kappa shape index (κ1) is 10.6. The monoisotopic (exact) mass is 211 g/mol. The van der Waals surface area contributed by atoms with Gasteiger partial charge in [0.15, 0.2) is 11.6 Å². The summed E-state index contributed by atoms with van der Waals surface area (Å²) in [4.78, 5) is 0. The first-order chi connectivity index (χ1) is 7.36. The number of hydrogen-bond donors (Lipinski definition) is 1. The molecule has 1 aliphatic rings. The Hall–Kier alpha value is -0.940. The zero-order valence-electron chi connectivity index (χ0n) is 9.02. The predicted molar refractivity (Wildman–Crippen MR) is 54.2 cm³/mol. The van der Waals surface area contributed by atoms with Crippen LogP contribution in [0.1, 0.15) is 43.9 Å². The van der Waals surface area contributed by atoms with Crippen LogP contribution >= 0.6 is 0 Å². The van der Waals surface area contributed by atoms with Crippen LogP contribution in [0.3, 0.4) is 0 Å². The molecule has 1 N–H and O–H groups in total. The van der Waals surface area contributed by atoms with Crippen LogP contribution in [0.25, 0.3) is 0 Å². The highest BCUT2D eigenvalue weighted by molar-refractivity contribution is 5.00. The molecule has 1 aromatic rings. The second-order valence-corrected chi connectivity index (χ2v) is 3.79. The van der Waals surface area contributed by atoms with E-state index in [1.165, 1.54) is 0 Å². The van der Waals surface area contributed by atoms with Gasteiger partial charge in [0.25, 0.3) is 0 Å². The third-order valence-electron chi connectivity index (χ3n) is 2.66. The predicted octanol–water partition coefficient (Wildman–Crippen LogP) is 1.03. The smallest absolute Gasteiger partial charge is 0.162 e. The number of aliphatic hydroxyl groups excluding tert-OH is 1. The third-order valence-corrected chi connectivity index (χ3v) is 2.66. The van der Waals surface area contributed by atoms with Gasteiger partial charge in [0.2, 0.25) is 0 Å². The van der Waals surface area contributed by atoms with E-state index in [1.807, 2.05) is 4.57 Å². The van der Waals surface area contributed by atoms with Gasteiger partial charge in [0, 0.05) is 13.2 Å². The van der Waals surface area contributed by atoms with Crippen LogP contribution in [0.4, 0.5) is 0 Å². The van der Waals surface area contributed by atoms with E-state index in [0.29, 0.717) is 5.82 Å². The first-order valence-electron chi connectivity index (χ1n) is 5.51. The standard InChI is InChI=1S/C10H17N3O2/c1-2-5-13-9(7-14)11-12-10(13)8-4-3-6-15-8/h8,14H,2-7H2,1H3. The molecule has 1 fully saturated rings. The summed E-state index contributed by atoms with van der Waals surface area (Å²) in [6.45, 7) is 3.69. The average molecular weight is 211 g/mol. The molecule has 1 atom stereocenters. The lowest BCUT2D eigenvalue weighted by Crippen LogP contribution is -2.11. The van der Waals surface area contributed by atoms with Crippen molar-refractivity contribution in [2.24, 2.45) is 0 Å². The van der Waals surface area contributed by atoms with Gasteiger partial charge in [-0.25, -0.2) is 0 Å². The summed E-state index contributed by atoms with van der Waals surface area (Å²) in [5, 5.41) is 17.2. The number of aromatic nitrogens is 3. The van der Waals surface area contributed by atoms with Crippen LogP contribution in [-0.2, 0) is 17.9 Å². The fourth-order valence-corrected chi connectivity index (χ4v) is 1.95. The maximum atomic E-state index is 9.14. The van der Waals surface area contributed by atoms with Crippen LogP contribution in [0, 0.1) is 0 Å². The highest BCUT2D eigenvalue weighted by Crippen LogP contribution is 2.27. The maximum absolute atomic E-state index is 9.14. The molecular weight excluding hydrogens is 194 g/mol. The molecule has 1 aromatic heterocycles. The fourth-order valence-electron chi connectivity index (χ4n) is 1.95. The molecule has 0 saturated carbocycles. The molecule has 15 heavy (non-hydrogen) atoms. The van der Waals surface area contributed by atoms with E-state index in [0.717, 1.165) is 38.2 Å². The van der Waals surface area contributed by atoms with Crippen molar-refractivity contribution in [3.05, 3.63) is 11.6 Å². The molecule has 2 heterocycles. The van der Waals surface area contributed by atoms with Crippen LogP contribution in [-0.4, -0.2) is 26.5 Å². The number of nitrogens with zero attached hydrogens (tertiary/aromatic N) is 3. The van der Waals surface area contributed by atoms with Crippen molar-refractivity contribution >= 4 is 0 Å². The summed E-state index contributed by atoms with van der Waals surface area (Å²) in [7, 11) is 0.